The van der Waals surface area contributed by atoms with Crippen molar-refractivity contribution in [2.75, 3.05) is 0 Å². The Morgan fingerprint density at radius 2 is 1.95 bits per heavy atom. The highest BCUT2D eigenvalue weighted by Crippen LogP contribution is 2.41. The Morgan fingerprint density at radius 1 is 1.16 bits per heavy atom. The van der Waals surface area contributed by atoms with Crippen LogP contribution in [-0.2, 0) is 6.18 Å². The molecule has 9 heteroatoms. The average Bonchev–Trinajstić information content (AvgIpc) is 2.91. The van der Waals surface area contributed by atoms with Gasteiger partial charge in [-0.2, -0.15) is 21.9 Å². The van der Waals surface area contributed by atoms with Gasteiger partial charge in [-0.3, -0.25) is 0 Å². The number of halogens is 4. The second kappa shape index (κ2) is 3.98. The molecule has 0 saturated carbocycles. The van der Waals surface area contributed by atoms with Gasteiger partial charge in [0.05, 0.1) is 6.20 Å². The summed E-state index contributed by atoms with van der Waals surface area (Å²) in [6, 6.07) is 0. The van der Waals surface area contributed by atoms with Gasteiger partial charge in [-0.05, 0) is 11.5 Å². The zero-order valence-electron chi connectivity index (χ0n) is 8.99. The Balaban J connectivity index is 2.26. The molecule has 0 amide bonds. The fraction of sp³-hybridized carbons (Fsp3) is 0.100. The highest BCUT2D eigenvalue weighted by Gasteiger charge is 2.36. The lowest BCUT2D eigenvalue weighted by Crippen LogP contribution is -2.03. The molecule has 0 aliphatic carbocycles. The van der Waals surface area contributed by atoms with Crippen LogP contribution >= 0.6 is 11.5 Å². The van der Waals surface area contributed by atoms with Gasteiger partial charge in [-0.25, -0.2) is 9.97 Å². The lowest BCUT2D eigenvalue weighted by atomic mass is 10.1. The van der Waals surface area contributed by atoms with E-state index in [9.17, 15) is 17.6 Å². The molecule has 3 heterocycles. The number of rotatable bonds is 1. The van der Waals surface area contributed by atoms with Crippen LogP contribution in [0.5, 0.6) is 0 Å². The number of fused-ring (bicyclic) bond motifs is 1. The number of nitrogens with zero attached hydrogens (tertiary/aromatic N) is 3. The lowest BCUT2D eigenvalue weighted by molar-refractivity contribution is -0.133. The van der Waals surface area contributed by atoms with E-state index in [1.807, 2.05) is 0 Å². The van der Waals surface area contributed by atoms with Crippen molar-refractivity contribution < 1.29 is 17.6 Å². The van der Waals surface area contributed by atoms with E-state index in [-0.39, 0.29) is 22.3 Å². The third kappa shape index (κ3) is 1.95. The minimum Gasteiger partial charge on any atom is -0.344 e. The van der Waals surface area contributed by atoms with E-state index in [0.717, 1.165) is 12.4 Å². The molecule has 3 rings (SSSR count). The summed E-state index contributed by atoms with van der Waals surface area (Å²) in [5, 5.41) is 0. The third-order valence-electron chi connectivity index (χ3n) is 2.47. The summed E-state index contributed by atoms with van der Waals surface area (Å²) in [6.07, 6.45) is -1.23. The van der Waals surface area contributed by atoms with Crippen LogP contribution in [0.15, 0.2) is 18.6 Å². The van der Waals surface area contributed by atoms with Crippen LogP contribution in [0.1, 0.15) is 4.88 Å². The predicted molar refractivity (Wildman–Crippen MR) is 60.0 cm³/mol. The van der Waals surface area contributed by atoms with Gasteiger partial charge in [-0.1, -0.05) is 0 Å². The molecule has 4 nitrogen and oxygen atoms in total. The Labute approximate surface area is 107 Å². The monoisotopic (exact) mass is 288 g/mol. The van der Waals surface area contributed by atoms with Crippen LogP contribution in [0, 0.1) is 5.95 Å². The highest BCUT2D eigenvalue weighted by molar-refractivity contribution is 7.06. The van der Waals surface area contributed by atoms with E-state index in [4.69, 9.17) is 0 Å². The minimum atomic E-state index is -4.51. The molecule has 19 heavy (non-hydrogen) atoms. The Kier molecular flexibility index (Phi) is 2.52. The predicted octanol–water partition coefficient (Wildman–Crippen LogP) is 3.24. The van der Waals surface area contributed by atoms with Crippen LogP contribution < -0.4 is 0 Å². The van der Waals surface area contributed by atoms with Crippen molar-refractivity contribution in [2.24, 2.45) is 0 Å². The number of nitrogens with one attached hydrogen (secondary N) is 1. The molecule has 98 valence electrons. The first-order valence-electron chi connectivity index (χ1n) is 4.98. The molecule has 3 aromatic rings. The van der Waals surface area contributed by atoms with Crippen LogP contribution in [-0.4, -0.2) is 19.3 Å². The van der Waals surface area contributed by atoms with E-state index in [1.165, 1.54) is 6.20 Å². The van der Waals surface area contributed by atoms with Gasteiger partial charge in [0.2, 0.25) is 5.95 Å². The fourth-order valence-electron chi connectivity index (χ4n) is 1.71. The van der Waals surface area contributed by atoms with Crippen molar-refractivity contribution in [3.63, 3.8) is 0 Å². The smallest absolute Gasteiger partial charge is 0.344 e. The Morgan fingerprint density at radius 3 is 2.68 bits per heavy atom. The Bertz CT molecular complexity index is 745. The zero-order valence-corrected chi connectivity index (χ0v) is 9.81. The SMILES string of the molecule is Fc1cnc2[nH]cc(-c3cnsc3C(F)(F)F)c2n1. The van der Waals surface area contributed by atoms with Crippen molar-refractivity contribution in [2.45, 2.75) is 6.18 Å². The number of alkyl halides is 3. The molecule has 0 aliphatic heterocycles. The van der Waals surface area contributed by atoms with Crippen molar-refractivity contribution in [3.8, 4) is 11.1 Å². The fourth-order valence-corrected chi connectivity index (χ4v) is 2.34. The van der Waals surface area contributed by atoms with Gasteiger partial charge in [0.15, 0.2) is 5.65 Å². The van der Waals surface area contributed by atoms with E-state index in [1.54, 1.807) is 0 Å². The van der Waals surface area contributed by atoms with E-state index >= 15 is 0 Å². The summed E-state index contributed by atoms with van der Waals surface area (Å²) in [5.74, 6) is -0.856. The van der Waals surface area contributed by atoms with E-state index < -0.39 is 17.0 Å². The number of aromatic nitrogens is 4. The lowest BCUT2D eigenvalue weighted by Gasteiger charge is -2.05. The first kappa shape index (κ1) is 12.0. The maximum atomic E-state index is 13.0. The first-order chi connectivity index (χ1) is 8.97. The van der Waals surface area contributed by atoms with Gasteiger partial charge in [0.25, 0.3) is 0 Å². The second-order valence-corrected chi connectivity index (χ2v) is 4.46. The van der Waals surface area contributed by atoms with Crippen molar-refractivity contribution in [1.82, 2.24) is 19.3 Å². The first-order valence-corrected chi connectivity index (χ1v) is 5.76. The molecule has 1 N–H and O–H groups in total. The molecular weight excluding hydrogens is 284 g/mol. The third-order valence-corrected chi connectivity index (χ3v) is 3.31. The van der Waals surface area contributed by atoms with Gasteiger partial charge in [0, 0.05) is 23.5 Å². The molecule has 0 saturated heterocycles. The molecule has 0 unspecified atom stereocenters. The van der Waals surface area contributed by atoms with E-state index in [2.05, 4.69) is 19.3 Å². The summed E-state index contributed by atoms with van der Waals surface area (Å²) < 4.78 is 55.0. The van der Waals surface area contributed by atoms with Crippen LogP contribution in [0.25, 0.3) is 22.3 Å². The molecule has 0 atom stereocenters. The zero-order chi connectivity index (χ0) is 13.6. The largest absolute Gasteiger partial charge is 0.427 e. The van der Waals surface area contributed by atoms with E-state index in [0.29, 0.717) is 11.5 Å². The van der Waals surface area contributed by atoms with Crippen LogP contribution in [0.2, 0.25) is 0 Å². The molecule has 0 aromatic carbocycles. The van der Waals surface area contributed by atoms with Crippen molar-refractivity contribution >= 4 is 22.7 Å². The summed E-state index contributed by atoms with van der Waals surface area (Å²) >= 11 is 0.337. The molecular formula is C10H4F4N4S. The number of H-pyrrole nitrogens is 1. The van der Waals surface area contributed by atoms with Crippen LogP contribution in [0.4, 0.5) is 17.6 Å². The van der Waals surface area contributed by atoms with Crippen LogP contribution in [0.3, 0.4) is 0 Å². The maximum Gasteiger partial charge on any atom is 0.427 e. The molecule has 0 aliphatic rings. The molecule has 0 spiro atoms. The highest BCUT2D eigenvalue weighted by atomic mass is 32.1. The molecule has 0 radical (unpaired) electrons. The van der Waals surface area contributed by atoms with Gasteiger partial charge in [0.1, 0.15) is 10.4 Å². The minimum absolute atomic E-state index is 0.0469. The van der Waals surface area contributed by atoms with Gasteiger partial charge >= 0.3 is 6.18 Å². The van der Waals surface area contributed by atoms with Gasteiger partial charge in [-0.15, -0.1) is 0 Å². The number of aromatic amines is 1. The summed E-state index contributed by atoms with van der Waals surface area (Å²) in [4.78, 5) is 9.08. The molecule has 0 bridgehead atoms. The molecule has 0 fully saturated rings. The average molecular weight is 288 g/mol. The topological polar surface area (TPSA) is 54.5 Å². The van der Waals surface area contributed by atoms with Crippen molar-refractivity contribution in [1.29, 1.82) is 0 Å². The number of hydrogen-bond acceptors (Lipinski definition) is 4. The Hall–Kier alpha value is -2.03. The summed E-state index contributed by atoms with van der Waals surface area (Å²) in [7, 11) is 0. The standard InChI is InChI=1S/C10H4F4N4S/c11-6-3-16-9-7(18-6)4(1-15-9)5-2-17-19-8(5)10(12,13)14/h1-3H,(H,15,16). The van der Waals surface area contributed by atoms with Gasteiger partial charge < -0.3 is 4.98 Å². The quantitative estimate of drug-likeness (QED) is 0.699. The van der Waals surface area contributed by atoms with Crippen molar-refractivity contribution in [3.05, 3.63) is 29.4 Å². The maximum absolute atomic E-state index is 13.0. The summed E-state index contributed by atoms with van der Waals surface area (Å²) in [5.41, 5.74) is 0.258. The summed E-state index contributed by atoms with van der Waals surface area (Å²) in [6.45, 7) is 0. The molecule has 3 aromatic heterocycles. The normalized spacial score (nSPS) is 12.2. The number of hydrogen-bond donors (Lipinski definition) is 1. The second-order valence-electron chi connectivity index (χ2n) is 3.66.